The number of aliphatic hydroxyl groups excluding tert-OH is 1. The molecule has 2 atom stereocenters. The monoisotopic (exact) mass is 430 g/mol. The number of anilines is 1. The molecule has 0 radical (unpaired) electrons. The predicted octanol–water partition coefficient (Wildman–Crippen LogP) is 3.43. The number of hydrogen-bond donors (Lipinski definition) is 4. The summed E-state index contributed by atoms with van der Waals surface area (Å²) in [6.07, 6.45) is 3.82. The van der Waals surface area contributed by atoms with Crippen molar-refractivity contribution in [3.63, 3.8) is 0 Å². The van der Waals surface area contributed by atoms with Gasteiger partial charge < -0.3 is 16.2 Å². The summed E-state index contributed by atoms with van der Waals surface area (Å²) < 4.78 is 0. The Balaban J connectivity index is 1.42. The summed E-state index contributed by atoms with van der Waals surface area (Å²) in [6.45, 7) is 0.887. The number of H-pyrrole nitrogens is 1. The molecule has 2 aromatic heterocycles. The quantitative estimate of drug-likeness (QED) is 0.290. The molecule has 0 aliphatic heterocycles. The molecule has 0 aliphatic carbocycles. The zero-order valence-corrected chi connectivity index (χ0v) is 18.1. The number of nitrogens with two attached hydrogens (primary N) is 1. The number of rotatable bonds is 11. The molecule has 0 amide bonds. The van der Waals surface area contributed by atoms with Crippen molar-refractivity contribution in [3.05, 3.63) is 83.4 Å². The van der Waals surface area contributed by atoms with E-state index in [1.54, 1.807) is 0 Å². The molecule has 7 heteroatoms. The number of fused-ring (bicyclic) bond motifs is 1. The summed E-state index contributed by atoms with van der Waals surface area (Å²) in [4.78, 5) is 4.30. The molecule has 1 unspecified atom stereocenters. The molecular formula is C25H30N6O. The fourth-order valence-electron chi connectivity index (χ4n) is 4.22. The standard InChI is InChI=1S/C25H30N6O/c26-23-16-22(24-25(28-23)30-31-29-24)21(19-11-5-2-6-12-19)14-15-27-20(17-32)13-7-10-18-8-3-1-4-9-18/h1-6,8-9,11-12,16,20-21,27,32H,7,10,13-15,17H2,(H3,26,28,29,30,31)/t20-,21?/m1/s1. The smallest absolute Gasteiger partial charge is 0.178 e. The number of aromatic nitrogens is 4. The van der Waals surface area contributed by atoms with E-state index in [0.29, 0.717) is 11.5 Å². The van der Waals surface area contributed by atoms with Gasteiger partial charge in [0.2, 0.25) is 0 Å². The van der Waals surface area contributed by atoms with Crippen LogP contribution in [0.3, 0.4) is 0 Å². The Kier molecular flexibility index (Phi) is 7.42. The lowest BCUT2D eigenvalue weighted by Crippen LogP contribution is -2.34. The number of hydrogen-bond acceptors (Lipinski definition) is 6. The number of pyridine rings is 1. The molecule has 2 aromatic carbocycles. The average molecular weight is 431 g/mol. The zero-order chi connectivity index (χ0) is 22.2. The maximum absolute atomic E-state index is 9.86. The van der Waals surface area contributed by atoms with Gasteiger partial charge in [0.25, 0.3) is 0 Å². The fourth-order valence-corrected chi connectivity index (χ4v) is 4.22. The summed E-state index contributed by atoms with van der Waals surface area (Å²) in [7, 11) is 0. The number of benzene rings is 2. The first kappa shape index (κ1) is 21.9. The molecular weight excluding hydrogens is 400 g/mol. The van der Waals surface area contributed by atoms with Gasteiger partial charge in [-0.25, -0.2) is 10.1 Å². The number of aromatic amines is 1. The van der Waals surface area contributed by atoms with Crippen LogP contribution in [0.15, 0.2) is 66.7 Å². The minimum Gasteiger partial charge on any atom is -0.395 e. The second-order valence-electron chi connectivity index (χ2n) is 8.11. The van der Waals surface area contributed by atoms with E-state index in [9.17, 15) is 5.11 Å². The van der Waals surface area contributed by atoms with Crippen LogP contribution in [0.4, 0.5) is 5.82 Å². The van der Waals surface area contributed by atoms with Gasteiger partial charge in [-0.05, 0) is 55.0 Å². The van der Waals surface area contributed by atoms with Gasteiger partial charge in [0.1, 0.15) is 11.3 Å². The van der Waals surface area contributed by atoms with Gasteiger partial charge in [0.05, 0.1) is 6.61 Å². The maximum atomic E-state index is 9.86. The van der Waals surface area contributed by atoms with Crippen molar-refractivity contribution in [3.8, 4) is 0 Å². The molecule has 0 fully saturated rings. The predicted molar refractivity (Wildman–Crippen MR) is 127 cm³/mol. The molecule has 4 aromatic rings. The third-order valence-electron chi connectivity index (χ3n) is 5.87. The van der Waals surface area contributed by atoms with Crippen LogP contribution < -0.4 is 11.1 Å². The van der Waals surface area contributed by atoms with E-state index in [2.05, 4.69) is 62.1 Å². The highest BCUT2D eigenvalue weighted by Gasteiger charge is 2.20. The Bertz CT molecular complexity index is 1100. The van der Waals surface area contributed by atoms with Crippen molar-refractivity contribution in [1.82, 2.24) is 25.7 Å². The maximum Gasteiger partial charge on any atom is 0.178 e. The van der Waals surface area contributed by atoms with Crippen LogP contribution in [0.25, 0.3) is 11.2 Å². The molecule has 7 nitrogen and oxygen atoms in total. The number of nitrogens with one attached hydrogen (secondary N) is 2. The fraction of sp³-hybridized carbons (Fsp3) is 0.320. The SMILES string of the molecule is Nc1cc(C(CCN[C@@H](CO)CCCc2ccccc2)c2ccccc2)c2nn[nH]c2n1. The van der Waals surface area contributed by atoms with Crippen molar-refractivity contribution < 1.29 is 5.11 Å². The van der Waals surface area contributed by atoms with Gasteiger partial charge in [0.15, 0.2) is 5.65 Å². The molecule has 2 heterocycles. The van der Waals surface area contributed by atoms with E-state index in [1.807, 2.05) is 30.3 Å². The lowest BCUT2D eigenvalue weighted by atomic mass is 9.88. The second-order valence-corrected chi connectivity index (χ2v) is 8.11. The van der Waals surface area contributed by atoms with Gasteiger partial charge in [-0.3, -0.25) is 0 Å². The highest BCUT2D eigenvalue weighted by atomic mass is 16.3. The van der Waals surface area contributed by atoms with Crippen LogP contribution in [-0.4, -0.2) is 44.7 Å². The van der Waals surface area contributed by atoms with E-state index in [4.69, 9.17) is 5.73 Å². The molecule has 0 spiro atoms. The Morgan fingerprint density at radius 3 is 2.50 bits per heavy atom. The van der Waals surface area contributed by atoms with Crippen LogP contribution in [-0.2, 0) is 6.42 Å². The van der Waals surface area contributed by atoms with Gasteiger partial charge in [0, 0.05) is 12.0 Å². The molecule has 166 valence electrons. The highest BCUT2D eigenvalue weighted by molar-refractivity contribution is 5.77. The topological polar surface area (TPSA) is 113 Å². The first-order valence-electron chi connectivity index (χ1n) is 11.1. The number of aliphatic hydroxyl groups is 1. The Morgan fingerprint density at radius 1 is 1.00 bits per heavy atom. The van der Waals surface area contributed by atoms with Crippen LogP contribution in [0, 0.1) is 0 Å². The number of nitrogen functional groups attached to an aromatic ring is 1. The van der Waals surface area contributed by atoms with Crippen molar-refractivity contribution in [2.75, 3.05) is 18.9 Å². The lowest BCUT2D eigenvalue weighted by Gasteiger charge is -2.21. The van der Waals surface area contributed by atoms with Crippen LogP contribution in [0.2, 0.25) is 0 Å². The van der Waals surface area contributed by atoms with E-state index in [-0.39, 0.29) is 18.6 Å². The molecule has 0 aliphatic rings. The lowest BCUT2D eigenvalue weighted by molar-refractivity contribution is 0.233. The summed E-state index contributed by atoms with van der Waals surface area (Å²) in [5.74, 6) is 0.534. The van der Waals surface area contributed by atoms with E-state index in [1.165, 1.54) is 11.1 Å². The third-order valence-corrected chi connectivity index (χ3v) is 5.87. The largest absolute Gasteiger partial charge is 0.395 e. The van der Waals surface area contributed by atoms with Gasteiger partial charge in [-0.15, -0.1) is 5.10 Å². The minimum absolute atomic E-state index is 0.0738. The minimum atomic E-state index is 0.0738. The van der Waals surface area contributed by atoms with Crippen LogP contribution in [0.5, 0.6) is 0 Å². The van der Waals surface area contributed by atoms with Gasteiger partial charge in [-0.1, -0.05) is 65.9 Å². The highest BCUT2D eigenvalue weighted by Crippen LogP contribution is 2.32. The summed E-state index contributed by atoms with van der Waals surface area (Å²) >= 11 is 0. The number of aryl methyl sites for hydroxylation is 1. The zero-order valence-electron chi connectivity index (χ0n) is 18.1. The van der Waals surface area contributed by atoms with Gasteiger partial charge in [-0.2, -0.15) is 0 Å². The molecule has 0 saturated carbocycles. The van der Waals surface area contributed by atoms with Crippen molar-refractivity contribution in [1.29, 1.82) is 0 Å². The number of nitrogens with zero attached hydrogens (tertiary/aromatic N) is 3. The van der Waals surface area contributed by atoms with E-state index in [0.717, 1.165) is 43.3 Å². The van der Waals surface area contributed by atoms with E-state index < -0.39 is 0 Å². The summed E-state index contributed by atoms with van der Waals surface area (Å²) in [5, 5.41) is 24.4. The third kappa shape index (κ3) is 5.49. The first-order chi connectivity index (χ1) is 15.7. The molecule has 0 saturated heterocycles. The normalized spacial score (nSPS) is 13.3. The first-order valence-corrected chi connectivity index (χ1v) is 11.1. The Labute approximate surface area is 188 Å². The molecule has 32 heavy (non-hydrogen) atoms. The van der Waals surface area contributed by atoms with Crippen LogP contribution in [0.1, 0.15) is 41.9 Å². The van der Waals surface area contributed by atoms with Crippen molar-refractivity contribution in [2.45, 2.75) is 37.6 Å². The summed E-state index contributed by atoms with van der Waals surface area (Å²) in [6, 6.07) is 22.8. The molecule has 0 bridgehead atoms. The Hall–Kier alpha value is -3.29. The van der Waals surface area contributed by atoms with E-state index >= 15 is 0 Å². The summed E-state index contributed by atoms with van der Waals surface area (Å²) in [5.41, 5.74) is 10.9. The second kappa shape index (κ2) is 10.8. The Morgan fingerprint density at radius 2 is 1.75 bits per heavy atom. The average Bonchev–Trinajstić information content (AvgIpc) is 3.30. The van der Waals surface area contributed by atoms with Crippen LogP contribution >= 0.6 is 0 Å². The van der Waals surface area contributed by atoms with Crippen molar-refractivity contribution >= 4 is 17.0 Å². The van der Waals surface area contributed by atoms with Crippen molar-refractivity contribution in [2.24, 2.45) is 0 Å². The molecule has 5 N–H and O–H groups in total. The molecule has 4 rings (SSSR count). The van der Waals surface area contributed by atoms with Gasteiger partial charge >= 0.3 is 0 Å².